The van der Waals surface area contributed by atoms with Crippen molar-refractivity contribution in [2.75, 3.05) is 13.1 Å². The third kappa shape index (κ3) is 2.70. The molecule has 0 aromatic heterocycles. The van der Waals surface area contributed by atoms with E-state index in [0.717, 1.165) is 19.5 Å². The fourth-order valence-electron chi connectivity index (χ4n) is 0.595. The lowest BCUT2D eigenvalue weighted by atomic mass is 10.3. The monoisotopic (exact) mass is 197 g/mol. The predicted octanol–water partition coefficient (Wildman–Crippen LogP) is 1.68. The second-order valence-electron chi connectivity index (χ2n) is 1.61. The van der Waals surface area contributed by atoms with Crippen LogP contribution < -0.4 is 5.32 Å². The Bertz CT molecular complexity index is 92.4. The van der Waals surface area contributed by atoms with Crippen molar-refractivity contribution in [3.63, 3.8) is 0 Å². The number of rotatable bonds is 0. The fourth-order valence-corrected chi connectivity index (χ4v) is 0.955. The van der Waals surface area contributed by atoms with Crippen LogP contribution in [-0.4, -0.2) is 13.1 Å². The van der Waals surface area contributed by atoms with Gasteiger partial charge in [-0.2, -0.15) is 0 Å². The summed E-state index contributed by atoms with van der Waals surface area (Å²) in [5.41, 5.74) is 0. The predicted molar refractivity (Wildman–Crippen MR) is 41.7 cm³/mol. The van der Waals surface area contributed by atoms with Crippen LogP contribution in [0.15, 0.2) is 10.6 Å². The molecule has 1 heterocycles. The van der Waals surface area contributed by atoms with Crippen LogP contribution in [0.5, 0.6) is 0 Å². The van der Waals surface area contributed by atoms with Crippen LogP contribution in [0.2, 0.25) is 0 Å². The SMILES string of the molecule is BrC1=CCNCC1.Cl. The molecule has 0 saturated heterocycles. The van der Waals surface area contributed by atoms with E-state index < -0.39 is 0 Å². The lowest BCUT2D eigenvalue weighted by molar-refractivity contribution is 0.724. The summed E-state index contributed by atoms with van der Waals surface area (Å²) in [5, 5.41) is 3.21. The minimum absolute atomic E-state index is 0. The molecule has 0 aliphatic carbocycles. The number of nitrogens with one attached hydrogen (secondary N) is 1. The first-order chi connectivity index (χ1) is 3.39. The Kier molecular flexibility index (Phi) is 4.61. The van der Waals surface area contributed by atoms with Gasteiger partial charge in [0.05, 0.1) is 0 Å². The highest BCUT2D eigenvalue weighted by Gasteiger charge is 1.95. The van der Waals surface area contributed by atoms with E-state index in [1.54, 1.807) is 0 Å². The van der Waals surface area contributed by atoms with E-state index >= 15 is 0 Å². The van der Waals surface area contributed by atoms with Crippen LogP contribution in [0.1, 0.15) is 6.42 Å². The van der Waals surface area contributed by atoms with E-state index in [9.17, 15) is 0 Å². The Morgan fingerprint density at radius 2 is 2.38 bits per heavy atom. The summed E-state index contributed by atoms with van der Waals surface area (Å²) in [6.45, 7) is 2.15. The summed E-state index contributed by atoms with van der Waals surface area (Å²) >= 11 is 3.41. The lowest BCUT2D eigenvalue weighted by Crippen LogP contribution is -2.18. The smallest absolute Gasteiger partial charge is 0.0145 e. The summed E-state index contributed by atoms with van der Waals surface area (Å²) in [6.07, 6.45) is 3.31. The minimum Gasteiger partial charge on any atom is -0.313 e. The Morgan fingerprint density at radius 3 is 2.62 bits per heavy atom. The molecule has 1 aliphatic rings. The summed E-state index contributed by atoms with van der Waals surface area (Å²) in [6, 6.07) is 0. The highest BCUT2D eigenvalue weighted by molar-refractivity contribution is 9.11. The molecule has 1 N–H and O–H groups in total. The Labute approximate surface area is 64.1 Å². The number of halogens is 2. The Hall–Kier alpha value is 0.470. The second kappa shape index (κ2) is 4.36. The maximum absolute atomic E-state index is 3.41. The fraction of sp³-hybridized carbons (Fsp3) is 0.600. The Balaban J connectivity index is 0.000000490. The average molecular weight is 198 g/mol. The summed E-state index contributed by atoms with van der Waals surface area (Å²) in [7, 11) is 0. The molecule has 0 aromatic carbocycles. The van der Waals surface area contributed by atoms with Gasteiger partial charge in [0.25, 0.3) is 0 Å². The third-order valence-corrected chi connectivity index (χ3v) is 1.73. The number of hydrogen-bond acceptors (Lipinski definition) is 1. The van der Waals surface area contributed by atoms with Gasteiger partial charge < -0.3 is 5.32 Å². The van der Waals surface area contributed by atoms with E-state index in [2.05, 4.69) is 27.3 Å². The zero-order valence-electron chi connectivity index (χ0n) is 4.48. The first-order valence-corrected chi connectivity index (χ1v) is 3.24. The van der Waals surface area contributed by atoms with E-state index in [-0.39, 0.29) is 12.4 Å². The molecule has 1 nitrogen and oxygen atoms in total. The Morgan fingerprint density at radius 1 is 1.62 bits per heavy atom. The van der Waals surface area contributed by atoms with Gasteiger partial charge in [0.1, 0.15) is 0 Å². The number of hydrogen-bond donors (Lipinski definition) is 1. The molecule has 0 saturated carbocycles. The molecule has 0 amide bonds. The van der Waals surface area contributed by atoms with Crippen LogP contribution in [0, 0.1) is 0 Å². The molecule has 3 heteroatoms. The normalized spacial score (nSPS) is 18.9. The van der Waals surface area contributed by atoms with E-state index in [4.69, 9.17) is 0 Å². The first kappa shape index (κ1) is 8.47. The van der Waals surface area contributed by atoms with Crippen molar-refractivity contribution in [2.45, 2.75) is 6.42 Å². The quantitative estimate of drug-likeness (QED) is 0.625. The van der Waals surface area contributed by atoms with Crippen LogP contribution in [-0.2, 0) is 0 Å². The van der Waals surface area contributed by atoms with Crippen molar-refractivity contribution in [1.82, 2.24) is 5.32 Å². The van der Waals surface area contributed by atoms with Gasteiger partial charge in [-0.3, -0.25) is 0 Å². The van der Waals surface area contributed by atoms with Gasteiger partial charge in [0.2, 0.25) is 0 Å². The van der Waals surface area contributed by atoms with Crippen LogP contribution in [0.4, 0.5) is 0 Å². The molecule has 0 aromatic rings. The molecule has 0 radical (unpaired) electrons. The van der Waals surface area contributed by atoms with Gasteiger partial charge in [-0.1, -0.05) is 22.0 Å². The van der Waals surface area contributed by atoms with Crippen molar-refractivity contribution in [3.05, 3.63) is 10.6 Å². The molecule has 1 aliphatic heterocycles. The van der Waals surface area contributed by atoms with Gasteiger partial charge in [-0.25, -0.2) is 0 Å². The molecule has 1 rings (SSSR count). The largest absolute Gasteiger partial charge is 0.313 e. The molecule has 0 unspecified atom stereocenters. The van der Waals surface area contributed by atoms with Crippen molar-refractivity contribution in [1.29, 1.82) is 0 Å². The van der Waals surface area contributed by atoms with Crippen LogP contribution >= 0.6 is 28.3 Å². The zero-order chi connectivity index (χ0) is 5.11. The van der Waals surface area contributed by atoms with Crippen molar-refractivity contribution >= 4 is 28.3 Å². The molecule has 8 heavy (non-hydrogen) atoms. The van der Waals surface area contributed by atoms with E-state index in [1.165, 1.54) is 4.48 Å². The standard InChI is InChI=1S/C5H8BrN.ClH/c6-5-1-3-7-4-2-5;/h1,7H,2-4H2;1H. The minimum atomic E-state index is 0. The van der Waals surface area contributed by atoms with Crippen molar-refractivity contribution in [3.8, 4) is 0 Å². The van der Waals surface area contributed by atoms with E-state index in [0.29, 0.717) is 0 Å². The maximum atomic E-state index is 3.41. The molecule has 0 atom stereocenters. The van der Waals surface area contributed by atoms with Gasteiger partial charge in [-0.05, 0) is 17.4 Å². The first-order valence-electron chi connectivity index (χ1n) is 2.45. The summed E-state index contributed by atoms with van der Waals surface area (Å²) in [5.74, 6) is 0. The van der Waals surface area contributed by atoms with Gasteiger partial charge >= 0.3 is 0 Å². The van der Waals surface area contributed by atoms with Crippen molar-refractivity contribution < 1.29 is 0 Å². The molecular weight excluding hydrogens is 189 g/mol. The lowest BCUT2D eigenvalue weighted by Gasteiger charge is -2.06. The second-order valence-corrected chi connectivity index (χ2v) is 2.62. The maximum Gasteiger partial charge on any atom is 0.0145 e. The van der Waals surface area contributed by atoms with Crippen LogP contribution in [0.25, 0.3) is 0 Å². The highest BCUT2D eigenvalue weighted by atomic mass is 79.9. The highest BCUT2D eigenvalue weighted by Crippen LogP contribution is 2.10. The molecule has 0 bridgehead atoms. The van der Waals surface area contributed by atoms with Crippen LogP contribution in [0.3, 0.4) is 0 Å². The zero-order valence-corrected chi connectivity index (χ0v) is 6.89. The molecule has 0 spiro atoms. The van der Waals surface area contributed by atoms with E-state index in [1.807, 2.05) is 0 Å². The van der Waals surface area contributed by atoms with Gasteiger partial charge in [0.15, 0.2) is 0 Å². The summed E-state index contributed by atoms with van der Waals surface area (Å²) in [4.78, 5) is 0. The molecular formula is C5H9BrClN. The topological polar surface area (TPSA) is 12.0 Å². The van der Waals surface area contributed by atoms with Gasteiger partial charge in [-0.15, -0.1) is 12.4 Å². The molecule has 48 valence electrons. The molecule has 0 fully saturated rings. The average Bonchev–Trinajstić information content (AvgIpc) is 1.69. The summed E-state index contributed by atoms with van der Waals surface area (Å²) < 4.78 is 1.34. The third-order valence-electron chi connectivity index (χ3n) is 1.01. The van der Waals surface area contributed by atoms with Gasteiger partial charge in [0, 0.05) is 6.54 Å². The van der Waals surface area contributed by atoms with Crippen molar-refractivity contribution in [2.24, 2.45) is 0 Å².